The Morgan fingerprint density at radius 2 is 1.92 bits per heavy atom. The van der Waals surface area contributed by atoms with E-state index in [1.54, 1.807) is 6.92 Å². The number of nitrogens with one attached hydrogen (secondary N) is 1. The van der Waals surface area contributed by atoms with E-state index in [1.165, 1.54) is 0 Å². The third-order valence-electron chi connectivity index (χ3n) is 4.48. The van der Waals surface area contributed by atoms with Crippen molar-refractivity contribution in [3.8, 4) is 0 Å². The molecule has 1 saturated heterocycles. The molecule has 0 spiro atoms. The summed E-state index contributed by atoms with van der Waals surface area (Å²) >= 11 is 0. The van der Waals surface area contributed by atoms with Crippen molar-refractivity contribution in [2.45, 2.75) is 71.4 Å². The number of likely N-dealkylation sites (tertiary alicyclic amines) is 1. The Labute approximate surface area is 158 Å². The van der Waals surface area contributed by atoms with Crippen molar-refractivity contribution in [1.29, 1.82) is 0 Å². The molecule has 2 amide bonds. The number of hydrogen-bond donors (Lipinski definition) is 2. The Balaban J connectivity index is 0.00000576. The minimum Gasteiger partial charge on any atom is -0.379 e. The molecule has 0 aliphatic carbocycles. The maximum atomic E-state index is 12.5. The van der Waals surface area contributed by atoms with Crippen molar-refractivity contribution >= 4 is 24.2 Å². The third kappa shape index (κ3) is 8.38. The highest BCUT2D eigenvalue weighted by atomic mass is 35.5. The van der Waals surface area contributed by atoms with Crippen molar-refractivity contribution in [2.75, 3.05) is 26.2 Å². The van der Waals surface area contributed by atoms with Crippen LogP contribution in [0.15, 0.2) is 0 Å². The molecule has 7 heteroatoms. The first-order chi connectivity index (χ1) is 11.3. The molecular weight excluding hydrogens is 342 g/mol. The van der Waals surface area contributed by atoms with Gasteiger partial charge in [0.15, 0.2) is 0 Å². The number of halogens is 1. The number of carbonyl (C=O) groups is 2. The molecule has 0 aromatic heterocycles. The molecule has 148 valence electrons. The lowest BCUT2D eigenvalue weighted by Gasteiger charge is -2.36. The van der Waals surface area contributed by atoms with Gasteiger partial charge in [-0.3, -0.25) is 9.59 Å². The Morgan fingerprint density at radius 3 is 2.44 bits per heavy atom. The van der Waals surface area contributed by atoms with Gasteiger partial charge in [-0.05, 0) is 46.5 Å². The molecule has 6 nitrogen and oxygen atoms in total. The van der Waals surface area contributed by atoms with Gasteiger partial charge in [0.05, 0.1) is 11.6 Å². The average Bonchev–Trinajstić information content (AvgIpc) is 2.53. The summed E-state index contributed by atoms with van der Waals surface area (Å²) in [7, 11) is 0. The summed E-state index contributed by atoms with van der Waals surface area (Å²) in [6, 6.07) is 0. The van der Waals surface area contributed by atoms with Crippen LogP contribution < -0.4 is 11.1 Å². The fourth-order valence-electron chi connectivity index (χ4n) is 3.08. The Bertz CT molecular complexity index is 408. The number of nitrogens with two attached hydrogens (primary N) is 1. The zero-order valence-electron chi connectivity index (χ0n) is 16.2. The number of ether oxygens (including phenoxy) is 1. The average molecular weight is 378 g/mol. The molecule has 1 aliphatic rings. The summed E-state index contributed by atoms with van der Waals surface area (Å²) in [5.41, 5.74) is 5.34. The van der Waals surface area contributed by atoms with Gasteiger partial charge < -0.3 is 20.7 Å². The van der Waals surface area contributed by atoms with Crippen LogP contribution in [0, 0.1) is 5.92 Å². The van der Waals surface area contributed by atoms with Crippen molar-refractivity contribution < 1.29 is 14.3 Å². The normalized spacial score (nSPS) is 17.8. The third-order valence-corrected chi connectivity index (χ3v) is 4.48. The van der Waals surface area contributed by atoms with E-state index in [4.69, 9.17) is 10.5 Å². The summed E-state index contributed by atoms with van der Waals surface area (Å²) in [5.74, 6) is 0.0972. The number of piperidine rings is 1. The summed E-state index contributed by atoms with van der Waals surface area (Å²) in [6.07, 6.45) is 4.04. The van der Waals surface area contributed by atoms with Crippen molar-refractivity contribution in [3.05, 3.63) is 0 Å². The van der Waals surface area contributed by atoms with Crippen molar-refractivity contribution in [3.63, 3.8) is 0 Å². The molecular formula is C18H36ClN3O3. The topological polar surface area (TPSA) is 84.7 Å². The maximum absolute atomic E-state index is 12.5. The predicted octanol–water partition coefficient (Wildman–Crippen LogP) is 2.10. The predicted molar refractivity (Wildman–Crippen MR) is 103 cm³/mol. The fourth-order valence-corrected chi connectivity index (χ4v) is 3.08. The first kappa shape index (κ1) is 24.1. The van der Waals surface area contributed by atoms with Crippen molar-refractivity contribution in [1.82, 2.24) is 10.2 Å². The number of hydrogen-bond acceptors (Lipinski definition) is 4. The van der Waals surface area contributed by atoms with E-state index in [9.17, 15) is 9.59 Å². The van der Waals surface area contributed by atoms with Gasteiger partial charge in [-0.25, -0.2) is 0 Å². The Morgan fingerprint density at radius 1 is 1.32 bits per heavy atom. The monoisotopic (exact) mass is 377 g/mol. The van der Waals surface area contributed by atoms with Gasteiger partial charge in [0.1, 0.15) is 0 Å². The van der Waals surface area contributed by atoms with E-state index >= 15 is 0 Å². The molecule has 1 fully saturated rings. The number of rotatable bonds is 9. The fraction of sp³-hybridized carbons (Fsp3) is 0.889. The second kappa shape index (κ2) is 11.7. The summed E-state index contributed by atoms with van der Waals surface area (Å²) in [4.78, 5) is 26.5. The van der Waals surface area contributed by atoms with E-state index in [-0.39, 0.29) is 36.2 Å². The number of carbonyl (C=O) groups excluding carboxylic acids is 2. The molecule has 1 heterocycles. The highest BCUT2D eigenvalue weighted by Crippen LogP contribution is 2.21. The van der Waals surface area contributed by atoms with Gasteiger partial charge in [0.2, 0.25) is 11.8 Å². The standard InChI is InChI=1S/C18H35N3O3.ClH/c1-5-9-18(4,19)17(23)21-11-7-15(8-12-21)16(22)20-10-6-13-24-14(2)3;/h14-15H,5-13,19H2,1-4H3,(H,20,22);1H. The quantitative estimate of drug-likeness (QED) is 0.602. The number of nitrogens with zero attached hydrogens (tertiary/aromatic N) is 1. The largest absolute Gasteiger partial charge is 0.379 e. The molecule has 1 unspecified atom stereocenters. The molecule has 0 radical (unpaired) electrons. The molecule has 0 aromatic rings. The minimum atomic E-state index is -0.791. The van der Waals surface area contributed by atoms with E-state index in [0.717, 1.165) is 12.8 Å². The smallest absolute Gasteiger partial charge is 0.242 e. The van der Waals surface area contributed by atoms with E-state index in [1.807, 2.05) is 25.7 Å². The van der Waals surface area contributed by atoms with E-state index < -0.39 is 5.54 Å². The molecule has 0 saturated carbocycles. The molecule has 0 bridgehead atoms. The van der Waals surface area contributed by atoms with E-state index in [2.05, 4.69) is 5.32 Å². The highest BCUT2D eigenvalue weighted by Gasteiger charge is 2.35. The Kier molecular flexibility index (Phi) is 11.3. The van der Waals surface area contributed by atoms with Crippen LogP contribution in [-0.2, 0) is 14.3 Å². The first-order valence-electron chi connectivity index (χ1n) is 9.25. The van der Waals surface area contributed by atoms with Crippen LogP contribution in [0.1, 0.15) is 59.8 Å². The lowest BCUT2D eigenvalue weighted by Crippen LogP contribution is -2.55. The van der Waals surface area contributed by atoms with Gasteiger partial charge in [0.25, 0.3) is 0 Å². The van der Waals surface area contributed by atoms with Crippen LogP contribution in [0.4, 0.5) is 0 Å². The van der Waals surface area contributed by atoms with Crippen LogP contribution in [0.2, 0.25) is 0 Å². The zero-order valence-corrected chi connectivity index (χ0v) is 17.0. The van der Waals surface area contributed by atoms with Crippen LogP contribution in [0.25, 0.3) is 0 Å². The molecule has 3 N–H and O–H groups in total. The second-order valence-corrected chi connectivity index (χ2v) is 7.30. The molecule has 1 rings (SSSR count). The summed E-state index contributed by atoms with van der Waals surface area (Å²) < 4.78 is 5.45. The van der Waals surface area contributed by atoms with Gasteiger partial charge in [-0.15, -0.1) is 12.4 Å². The Hall–Kier alpha value is -0.850. The molecule has 1 aliphatic heterocycles. The summed E-state index contributed by atoms with van der Waals surface area (Å²) in [5, 5.41) is 2.97. The second-order valence-electron chi connectivity index (χ2n) is 7.30. The van der Waals surface area contributed by atoms with Crippen LogP contribution in [0.5, 0.6) is 0 Å². The number of amides is 2. The van der Waals surface area contributed by atoms with E-state index in [0.29, 0.717) is 45.5 Å². The van der Waals surface area contributed by atoms with Gasteiger partial charge in [-0.2, -0.15) is 0 Å². The van der Waals surface area contributed by atoms with Crippen LogP contribution >= 0.6 is 12.4 Å². The van der Waals surface area contributed by atoms with Crippen LogP contribution in [-0.4, -0.2) is 54.6 Å². The first-order valence-corrected chi connectivity index (χ1v) is 9.25. The lowest BCUT2D eigenvalue weighted by atomic mass is 9.91. The molecule has 0 aromatic carbocycles. The maximum Gasteiger partial charge on any atom is 0.242 e. The summed E-state index contributed by atoms with van der Waals surface area (Å²) in [6.45, 7) is 10.4. The van der Waals surface area contributed by atoms with Gasteiger partial charge in [0, 0.05) is 32.2 Å². The minimum absolute atomic E-state index is 0. The van der Waals surface area contributed by atoms with Crippen molar-refractivity contribution in [2.24, 2.45) is 11.7 Å². The van der Waals surface area contributed by atoms with Crippen LogP contribution in [0.3, 0.4) is 0 Å². The molecule has 1 atom stereocenters. The zero-order chi connectivity index (χ0) is 18.2. The van der Waals surface area contributed by atoms with Gasteiger partial charge >= 0.3 is 0 Å². The SMILES string of the molecule is CCCC(C)(N)C(=O)N1CCC(C(=O)NCCCOC(C)C)CC1.Cl. The molecule has 25 heavy (non-hydrogen) atoms. The lowest BCUT2D eigenvalue weighted by molar-refractivity contribution is -0.140. The highest BCUT2D eigenvalue weighted by molar-refractivity contribution is 5.86. The van der Waals surface area contributed by atoms with Gasteiger partial charge in [-0.1, -0.05) is 13.3 Å².